The highest BCUT2D eigenvalue weighted by atomic mass is 16.1. The van der Waals surface area contributed by atoms with E-state index in [0.29, 0.717) is 17.1 Å². The molecule has 0 atom stereocenters. The minimum atomic E-state index is -0.258. The average Bonchev–Trinajstić information content (AvgIpc) is 2.50. The molecular weight excluding hydrogens is 276 g/mol. The van der Waals surface area contributed by atoms with Gasteiger partial charge >= 0.3 is 0 Å². The largest absolute Gasteiger partial charge is 0.397 e. The van der Waals surface area contributed by atoms with E-state index in [2.05, 4.69) is 29.2 Å². The second kappa shape index (κ2) is 7.56. The maximum Gasteiger partial charge on any atom is 0.274 e. The zero-order valence-electron chi connectivity index (χ0n) is 13.0. The summed E-state index contributed by atoms with van der Waals surface area (Å²) in [5.41, 5.74) is 8.42. The summed E-state index contributed by atoms with van der Waals surface area (Å²) >= 11 is 0. The fourth-order valence-electron chi connectivity index (χ4n) is 2.22. The Hall–Kier alpha value is -2.40. The number of pyridine rings is 1. The Morgan fingerprint density at radius 2 is 2.05 bits per heavy atom. The number of nitrogens with zero attached hydrogens (tertiary/aromatic N) is 2. The summed E-state index contributed by atoms with van der Waals surface area (Å²) < 4.78 is 0. The first-order valence-corrected chi connectivity index (χ1v) is 7.39. The van der Waals surface area contributed by atoms with Crippen LogP contribution in [0.5, 0.6) is 0 Å². The highest BCUT2D eigenvalue weighted by Gasteiger charge is 2.09. The maximum atomic E-state index is 12.2. The number of benzene rings is 1. The van der Waals surface area contributed by atoms with E-state index in [1.807, 2.05) is 18.2 Å². The molecule has 2 aromatic rings. The normalized spacial score (nSPS) is 10.7. The third kappa shape index (κ3) is 4.30. The van der Waals surface area contributed by atoms with Crippen LogP contribution in [0.2, 0.25) is 0 Å². The highest BCUT2D eigenvalue weighted by molar-refractivity contribution is 6.04. The van der Waals surface area contributed by atoms with Crippen molar-refractivity contribution in [2.75, 3.05) is 24.6 Å². The molecule has 0 saturated heterocycles. The van der Waals surface area contributed by atoms with E-state index in [-0.39, 0.29) is 5.91 Å². The number of aromatic nitrogens is 1. The number of nitrogen functional groups attached to an aromatic ring is 1. The van der Waals surface area contributed by atoms with Crippen molar-refractivity contribution in [2.45, 2.75) is 19.9 Å². The van der Waals surface area contributed by atoms with E-state index in [1.54, 1.807) is 24.4 Å². The van der Waals surface area contributed by atoms with Crippen LogP contribution in [0.4, 0.5) is 11.4 Å². The molecule has 1 heterocycles. The number of rotatable bonds is 6. The van der Waals surface area contributed by atoms with Crippen molar-refractivity contribution in [2.24, 2.45) is 0 Å². The van der Waals surface area contributed by atoms with Gasteiger partial charge in [0, 0.05) is 12.7 Å². The Kier molecular flexibility index (Phi) is 5.49. The summed E-state index contributed by atoms with van der Waals surface area (Å²) in [6.45, 7) is 4.02. The molecule has 0 spiro atoms. The van der Waals surface area contributed by atoms with E-state index >= 15 is 0 Å². The van der Waals surface area contributed by atoms with Crippen LogP contribution in [0, 0.1) is 0 Å². The molecule has 5 nitrogen and oxygen atoms in total. The van der Waals surface area contributed by atoms with Crippen molar-refractivity contribution in [3.63, 3.8) is 0 Å². The smallest absolute Gasteiger partial charge is 0.274 e. The monoisotopic (exact) mass is 298 g/mol. The SMILES string of the molecule is CCCN(C)Cc1ccc(C(=O)Nc2ccccc2N)nc1. The van der Waals surface area contributed by atoms with E-state index in [9.17, 15) is 4.79 Å². The number of hydrogen-bond donors (Lipinski definition) is 2. The van der Waals surface area contributed by atoms with Crippen molar-refractivity contribution >= 4 is 17.3 Å². The summed E-state index contributed by atoms with van der Waals surface area (Å²) in [6, 6.07) is 10.8. The van der Waals surface area contributed by atoms with Gasteiger partial charge in [-0.2, -0.15) is 0 Å². The van der Waals surface area contributed by atoms with Gasteiger partial charge in [-0.25, -0.2) is 0 Å². The zero-order valence-corrected chi connectivity index (χ0v) is 13.0. The topological polar surface area (TPSA) is 71.2 Å². The summed E-state index contributed by atoms with van der Waals surface area (Å²) in [7, 11) is 2.07. The molecule has 0 fully saturated rings. The maximum absolute atomic E-state index is 12.2. The molecule has 0 aliphatic carbocycles. The highest BCUT2D eigenvalue weighted by Crippen LogP contribution is 2.17. The van der Waals surface area contributed by atoms with Crippen LogP contribution in [-0.2, 0) is 6.54 Å². The molecular formula is C17H22N4O. The first kappa shape index (κ1) is 16.0. The van der Waals surface area contributed by atoms with Crippen LogP contribution in [0.25, 0.3) is 0 Å². The van der Waals surface area contributed by atoms with Gasteiger partial charge in [0.05, 0.1) is 11.4 Å². The Morgan fingerprint density at radius 3 is 2.68 bits per heavy atom. The number of nitrogens with one attached hydrogen (secondary N) is 1. The Labute approximate surface area is 131 Å². The molecule has 116 valence electrons. The Bertz CT molecular complexity index is 625. The molecule has 0 aliphatic heterocycles. The minimum absolute atomic E-state index is 0.258. The van der Waals surface area contributed by atoms with Gasteiger partial charge in [0.15, 0.2) is 0 Å². The van der Waals surface area contributed by atoms with Crippen molar-refractivity contribution in [1.82, 2.24) is 9.88 Å². The van der Waals surface area contributed by atoms with Crippen molar-refractivity contribution in [1.29, 1.82) is 0 Å². The first-order valence-electron chi connectivity index (χ1n) is 7.39. The lowest BCUT2D eigenvalue weighted by molar-refractivity contribution is 0.102. The molecule has 1 amide bonds. The fraction of sp³-hybridized carbons (Fsp3) is 0.294. The second-order valence-corrected chi connectivity index (χ2v) is 5.33. The zero-order chi connectivity index (χ0) is 15.9. The molecule has 0 radical (unpaired) electrons. The number of amides is 1. The Balaban J connectivity index is 2.01. The second-order valence-electron chi connectivity index (χ2n) is 5.33. The van der Waals surface area contributed by atoms with E-state index in [4.69, 9.17) is 5.73 Å². The molecule has 0 unspecified atom stereocenters. The summed E-state index contributed by atoms with van der Waals surface area (Å²) in [5.74, 6) is -0.258. The standard InChI is InChI=1S/C17H22N4O/c1-3-10-21(2)12-13-8-9-16(19-11-13)17(22)20-15-7-5-4-6-14(15)18/h4-9,11H,3,10,12,18H2,1-2H3,(H,20,22). The number of para-hydroxylation sites is 2. The van der Waals surface area contributed by atoms with Gasteiger partial charge in [0.2, 0.25) is 0 Å². The molecule has 2 rings (SSSR count). The summed E-state index contributed by atoms with van der Waals surface area (Å²) in [6.07, 6.45) is 2.86. The van der Waals surface area contributed by atoms with Crippen LogP contribution in [0.1, 0.15) is 29.4 Å². The van der Waals surface area contributed by atoms with E-state index < -0.39 is 0 Å². The van der Waals surface area contributed by atoms with Crippen LogP contribution < -0.4 is 11.1 Å². The lowest BCUT2D eigenvalue weighted by Crippen LogP contribution is -2.19. The predicted molar refractivity (Wildman–Crippen MR) is 89.7 cm³/mol. The number of anilines is 2. The number of hydrogen-bond acceptors (Lipinski definition) is 4. The van der Waals surface area contributed by atoms with Crippen molar-refractivity contribution in [3.05, 3.63) is 53.9 Å². The molecule has 1 aromatic heterocycles. The lowest BCUT2D eigenvalue weighted by atomic mass is 10.2. The number of nitrogens with two attached hydrogens (primary N) is 1. The molecule has 0 saturated carbocycles. The first-order chi connectivity index (χ1) is 10.6. The predicted octanol–water partition coefficient (Wildman–Crippen LogP) is 2.76. The Morgan fingerprint density at radius 1 is 1.27 bits per heavy atom. The van der Waals surface area contributed by atoms with Crippen LogP contribution >= 0.6 is 0 Å². The average molecular weight is 298 g/mol. The quantitative estimate of drug-likeness (QED) is 0.804. The van der Waals surface area contributed by atoms with Gasteiger partial charge < -0.3 is 16.0 Å². The van der Waals surface area contributed by atoms with Crippen molar-refractivity contribution < 1.29 is 4.79 Å². The molecule has 0 bridgehead atoms. The fourth-order valence-corrected chi connectivity index (χ4v) is 2.22. The summed E-state index contributed by atoms with van der Waals surface area (Å²) in [4.78, 5) is 18.6. The van der Waals surface area contributed by atoms with Gasteiger partial charge in [-0.3, -0.25) is 9.78 Å². The lowest BCUT2D eigenvalue weighted by Gasteiger charge is -2.15. The molecule has 1 aromatic carbocycles. The van der Waals surface area contributed by atoms with E-state index in [0.717, 1.165) is 25.1 Å². The van der Waals surface area contributed by atoms with Gasteiger partial charge in [-0.05, 0) is 43.8 Å². The van der Waals surface area contributed by atoms with Crippen LogP contribution in [0.15, 0.2) is 42.6 Å². The van der Waals surface area contributed by atoms with Gasteiger partial charge in [0.25, 0.3) is 5.91 Å². The molecule has 5 heteroatoms. The molecule has 0 aliphatic rings. The number of carbonyl (C=O) groups excluding carboxylic acids is 1. The van der Waals surface area contributed by atoms with Gasteiger partial charge in [0.1, 0.15) is 5.69 Å². The number of carbonyl (C=O) groups is 1. The van der Waals surface area contributed by atoms with Crippen LogP contribution in [-0.4, -0.2) is 29.4 Å². The molecule has 3 N–H and O–H groups in total. The molecule has 22 heavy (non-hydrogen) atoms. The minimum Gasteiger partial charge on any atom is -0.397 e. The third-order valence-electron chi connectivity index (χ3n) is 3.32. The van der Waals surface area contributed by atoms with Gasteiger partial charge in [-0.1, -0.05) is 25.1 Å². The summed E-state index contributed by atoms with van der Waals surface area (Å²) in [5, 5.41) is 2.77. The van der Waals surface area contributed by atoms with Crippen LogP contribution in [0.3, 0.4) is 0 Å². The third-order valence-corrected chi connectivity index (χ3v) is 3.32. The van der Waals surface area contributed by atoms with Crippen molar-refractivity contribution in [3.8, 4) is 0 Å². The van der Waals surface area contributed by atoms with E-state index in [1.165, 1.54) is 0 Å². The van der Waals surface area contributed by atoms with Gasteiger partial charge in [-0.15, -0.1) is 0 Å².